The van der Waals surface area contributed by atoms with Crippen LogP contribution in [-0.4, -0.2) is 30.1 Å². The average molecular weight is 314 g/mol. The number of rotatable bonds is 5. The van der Waals surface area contributed by atoms with E-state index in [9.17, 15) is 13.2 Å². The fraction of sp³-hybridized carbons (Fsp3) is 0.643. The molecule has 1 aromatic rings. The van der Waals surface area contributed by atoms with Gasteiger partial charge < -0.3 is 9.67 Å². The molecule has 0 aromatic carbocycles. The molecule has 118 valence electrons. The first kappa shape index (κ1) is 16.0. The van der Waals surface area contributed by atoms with Gasteiger partial charge in [0.05, 0.1) is 0 Å². The lowest BCUT2D eigenvalue weighted by atomic mass is 9.85. The molecule has 2 rings (SSSR count). The minimum absolute atomic E-state index is 0.0148. The third kappa shape index (κ3) is 3.65. The zero-order chi connectivity index (χ0) is 15.6. The Morgan fingerprint density at radius 3 is 2.76 bits per heavy atom. The monoisotopic (exact) mass is 314 g/mol. The molecule has 7 heteroatoms. The summed E-state index contributed by atoms with van der Waals surface area (Å²) >= 11 is 0. The van der Waals surface area contributed by atoms with Crippen molar-refractivity contribution < 1.29 is 18.3 Å². The van der Waals surface area contributed by atoms with E-state index >= 15 is 0 Å². The molecule has 1 saturated carbocycles. The molecule has 1 aromatic heterocycles. The molecular formula is C14H22N2O4S. The van der Waals surface area contributed by atoms with Crippen LogP contribution in [0.5, 0.6) is 0 Å². The summed E-state index contributed by atoms with van der Waals surface area (Å²) < 4.78 is 28.8. The smallest absolute Gasteiger partial charge is 0.352 e. The fourth-order valence-corrected chi connectivity index (χ4v) is 4.30. The number of aryl methyl sites for hydroxylation is 1. The van der Waals surface area contributed by atoms with Crippen LogP contribution in [-0.2, 0) is 17.1 Å². The third-order valence-corrected chi connectivity index (χ3v) is 5.68. The maximum Gasteiger partial charge on any atom is 0.352 e. The molecule has 0 bridgehead atoms. The second-order valence-electron chi connectivity index (χ2n) is 5.74. The lowest BCUT2D eigenvalue weighted by Crippen LogP contribution is -2.38. The van der Waals surface area contributed by atoms with E-state index in [1.165, 1.54) is 23.9 Å². The van der Waals surface area contributed by atoms with Crippen molar-refractivity contribution in [1.82, 2.24) is 9.29 Å². The molecule has 0 amide bonds. The first-order valence-electron chi connectivity index (χ1n) is 7.25. The highest BCUT2D eigenvalue weighted by Crippen LogP contribution is 2.27. The quantitative estimate of drug-likeness (QED) is 0.869. The van der Waals surface area contributed by atoms with Gasteiger partial charge in [-0.1, -0.05) is 26.2 Å². The van der Waals surface area contributed by atoms with Crippen LogP contribution in [0, 0.1) is 5.92 Å². The maximum absolute atomic E-state index is 12.4. The predicted molar refractivity (Wildman–Crippen MR) is 78.7 cm³/mol. The summed E-state index contributed by atoms with van der Waals surface area (Å²) in [5.41, 5.74) is -0.0366. The fourth-order valence-electron chi connectivity index (χ4n) is 2.95. The Morgan fingerprint density at radius 1 is 1.48 bits per heavy atom. The van der Waals surface area contributed by atoms with E-state index in [2.05, 4.69) is 11.6 Å². The van der Waals surface area contributed by atoms with Crippen molar-refractivity contribution >= 4 is 16.0 Å². The van der Waals surface area contributed by atoms with Gasteiger partial charge in [-0.25, -0.2) is 17.9 Å². The maximum atomic E-state index is 12.4. The SMILES string of the molecule is CCC1CCCC(NS(=O)(=O)c2cc(C(=O)O)n(C)c2)C1. The first-order valence-corrected chi connectivity index (χ1v) is 8.73. The molecule has 0 saturated heterocycles. The predicted octanol–water partition coefficient (Wildman–Crippen LogP) is 1.97. The van der Waals surface area contributed by atoms with Crippen LogP contribution in [0.3, 0.4) is 0 Å². The Balaban J connectivity index is 2.15. The summed E-state index contributed by atoms with van der Waals surface area (Å²) in [6, 6.07) is 1.15. The van der Waals surface area contributed by atoms with Gasteiger partial charge in [0.1, 0.15) is 10.6 Å². The van der Waals surface area contributed by atoms with E-state index in [0.717, 1.165) is 32.1 Å². The van der Waals surface area contributed by atoms with E-state index in [0.29, 0.717) is 5.92 Å². The second kappa shape index (κ2) is 6.19. The molecule has 0 radical (unpaired) electrons. The number of carbonyl (C=O) groups is 1. The van der Waals surface area contributed by atoms with Crippen LogP contribution in [0.1, 0.15) is 49.5 Å². The molecule has 6 nitrogen and oxygen atoms in total. The summed E-state index contributed by atoms with van der Waals surface area (Å²) in [5.74, 6) is -0.570. The third-order valence-electron chi connectivity index (χ3n) is 4.19. The summed E-state index contributed by atoms with van der Waals surface area (Å²) in [7, 11) is -2.14. The second-order valence-corrected chi connectivity index (χ2v) is 7.45. The first-order chi connectivity index (χ1) is 9.83. The highest BCUT2D eigenvalue weighted by molar-refractivity contribution is 7.89. The molecule has 21 heavy (non-hydrogen) atoms. The number of aromatic nitrogens is 1. The lowest BCUT2D eigenvalue weighted by Gasteiger charge is -2.28. The van der Waals surface area contributed by atoms with Crippen LogP contribution in [0.4, 0.5) is 0 Å². The van der Waals surface area contributed by atoms with E-state index in [-0.39, 0.29) is 16.6 Å². The molecule has 0 aliphatic heterocycles. The molecule has 1 aliphatic rings. The minimum atomic E-state index is -3.66. The van der Waals surface area contributed by atoms with E-state index in [4.69, 9.17) is 5.11 Å². The lowest BCUT2D eigenvalue weighted by molar-refractivity contribution is 0.0686. The Labute approximate surface area is 125 Å². The number of nitrogens with zero attached hydrogens (tertiary/aromatic N) is 1. The number of nitrogens with one attached hydrogen (secondary N) is 1. The van der Waals surface area contributed by atoms with Gasteiger partial charge in [0.2, 0.25) is 10.0 Å². The number of aromatic carboxylic acids is 1. The van der Waals surface area contributed by atoms with Gasteiger partial charge in [-0.05, 0) is 24.8 Å². The molecule has 1 heterocycles. The molecule has 2 N–H and O–H groups in total. The largest absolute Gasteiger partial charge is 0.477 e. The van der Waals surface area contributed by atoms with Crippen molar-refractivity contribution in [2.24, 2.45) is 13.0 Å². The van der Waals surface area contributed by atoms with E-state index in [1.807, 2.05) is 0 Å². The molecule has 1 fully saturated rings. The molecule has 0 spiro atoms. The summed E-state index contributed by atoms with van der Waals surface area (Å²) in [5, 5.41) is 9.00. The summed E-state index contributed by atoms with van der Waals surface area (Å²) in [6.45, 7) is 2.12. The van der Waals surface area contributed by atoms with Gasteiger partial charge >= 0.3 is 5.97 Å². The van der Waals surface area contributed by atoms with Crippen LogP contribution < -0.4 is 4.72 Å². The van der Waals surface area contributed by atoms with Gasteiger partial charge in [-0.2, -0.15) is 0 Å². The number of carboxylic acids is 1. The average Bonchev–Trinajstić information content (AvgIpc) is 2.81. The Morgan fingerprint density at radius 2 is 2.19 bits per heavy atom. The zero-order valence-corrected chi connectivity index (χ0v) is 13.2. The topological polar surface area (TPSA) is 88.4 Å². The van der Waals surface area contributed by atoms with Crippen molar-refractivity contribution in [3.8, 4) is 0 Å². The summed E-state index contributed by atoms with van der Waals surface area (Å²) in [4.78, 5) is 11.0. The van der Waals surface area contributed by atoms with Crippen molar-refractivity contribution in [3.63, 3.8) is 0 Å². The number of hydrogen-bond donors (Lipinski definition) is 2. The van der Waals surface area contributed by atoms with Crippen molar-refractivity contribution in [2.75, 3.05) is 0 Å². The van der Waals surface area contributed by atoms with Crippen LogP contribution in [0.25, 0.3) is 0 Å². The molecule has 2 unspecified atom stereocenters. The number of hydrogen-bond acceptors (Lipinski definition) is 3. The number of carboxylic acid groups (broad SMARTS) is 1. The molecule has 1 aliphatic carbocycles. The van der Waals surface area contributed by atoms with Crippen LogP contribution in [0.15, 0.2) is 17.2 Å². The van der Waals surface area contributed by atoms with Crippen molar-refractivity contribution in [1.29, 1.82) is 0 Å². The van der Waals surface area contributed by atoms with E-state index in [1.54, 1.807) is 0 Å². The highest BCUT2D eigenvalue weighted by Gasteiger charge is 2.27. The Hall–Kier alpha value is -1.34. The van der Waals surface area contributed by atoms with Crippen molar-refractivity contribution in [3.05, 3.63) is 18.0 Å². The van der Waals surface area contributed by atoms with Crippen molar-refractivity contribution in [2.45, 2.75) is 50.0 Å². The van der Waals surface area contributed by atoms with Gasteiger partial charge in [0.25, 0.3) is 0 Å². The molecular weight excluding hydrogens is 292 g/mol. The zero-order valence-electron chi connectivity index (χ0n) is 12.4. The summed E-state index contributed by atoms with van der Waals surface area (Å²) in [6.07, 6.45) is 6.28. The standard InChI is InChI=1S/C14H22N2O4S/c1-3-10-5-4-6-11(7-10)15-21(19,20)12-8-13(14(17)18)16(2)9-12/h8-11,15H,3-7H2,1-2H3,(H,17,18). The van der Waals surface area contributed by atoms with Gasteiger partial charge in [0.15, 0.2) is 0 Å². The van der Waals surface area contributed by atoms with Gasteiger partial charge in [-0.3, -0.25) is 0 Å². The molecule has 2 atom stereocenters. The van der Waals surface area contributed by atoms with Crippen LogP contribution >= 0.6 is 0 Å². The van der Waals surface area contributed by atoms with E-state index < -0.39 is 16.0 Å². The van der Waals surface area contributed by atoms with Gasteiger partial charge in [-0.15, -0.1) is 0 Å². The highest BCUT2D eigenvalue weighted by atomic mass is 32.2. The minimum Gasteiger partial charge on any atom is -0.477 e. The van der Waals surface area contributed by atoms with Gasteiger partial charge in [0, 0.05) is 19.3 Å². The van der Waals surface area contributed by atoms with Crippen LogP contribution in [0.2, 0.25) is 0 Å². The number of sulfonamides is 1. The Bertz CT molecular complexity index is 621. The normalized spacial score (nSPS) is 23.1. The Kier molecular flexibility index (Phi) is 4.73.